The second-order valence-corrected chi connectivity index (χ2v) is 16.4. The maximum absolute atomic E-state index is 2.56. The second kappa shape index (κ2) is 12.6. The average Bonchev–Trinajstić information content (AvgIpc) is 3.92. The van der Waals surface area contributed by atoms with Crippen molar-refractivity contribution in [3.05, 3.63) is 247 Å². The van der Waals surface area contributed by atoms with Crippen molar-refractivity contribution >= 4 is 27.8 Å². The molecular weight excluding hydrogens is 723 g/mol. The molecule has 0 saturated heterocycles. The predicted octanol–water partition coefficient (Wildman–Crippen LogP) is 15.6. The number of rotatable bonds is 5. The Bertz CT molecular complexity index is 3340. The Kier molecular flexibility index (Phi) is 7.00. The highest BCUT2D eigenvalue weighted by molar-refractivity contribution is 6.21. The standard InChI is InChI=1S/C59H37N/c1-3-14-38(15-4-1)39-26-28-40(29-27-39)41-30-32-43(33-31-41)60(42-16-5-2-6-17-42)44-34-35-48-47-20-9-11-24-53(47)59(55(48)36-44)54-25-12-10-21-50(54)58-51-23-13-22-49-45-18-7-8-19-46(45)52(57(49)51)37-56(58)59/h1-37H. The van der Waals surface area contributed by atoms with E-state index in [9.17, 15) is 0 Å². The van der Waals surface area contributed by atoms with Crippen LogP contribution in [-0.2, 0) is 5.41 Å². The zero-order valence-electron chi connectivity index (χ0n) is 32.8. The molecule has 0 aliphatic heterocycles. The normalized spacial score (nSPS) is 14.7. The minimum atomic E-state index is -0.496. The zero-order chi connectivity index (χ0) is 39.4. The van der Waals surface area contributed by atoms with Crippen LogP contribution in [0, 0.1) is 0 Å². The molecule has 278 valence electrons. The summed E-state index contributed by atoms with van der Waals surface area (Å²) in [4.78, 5) is 2.42. The monoisotopic (exact) mass is 759 g/mol. The van der Waals surface area contributed by atoms with E-state index in [1.54, 1.807) is 0 Å². The third kappa shape index (κ3) is 4.52. The first-order valence-electron chi connectivity index (χ1n) is 20.9. The number of nitrogens with zero attached hydrogens (tertiary/aromatic N) is 1. The van der Waals surface area contributed by atoms with Gasteiger partial charge in [-0.3, -0.25) is 0 Å². The molecule has 1 nitrogen and oxygen atoms in total. The van der Waals surface area contributed by atoms with Crippen LogP contribution in [0.4, 0.5) is 17.1 Å². The largest absolute Gasteiger partial charge is 0.310 e. The molecule has 0 aromatic heterocycles. The first kappa shape index (κ1) is 33.3. The van der Waals surface area contributed by atoms with Gasteiger partial charge in [0, 0.05) is 17.1 Å². The smallest absolute Gasteiger partial charge is 0.0726 e. The third-order valence-electron chi connectivity index (χ3n) is 13.4. The van der Waals surface area contributed by atoms with Crippen LogP contribution in [0.3, 0.4) is 0 Å². The Labute approximate surface area is 350 Å². The predicted molar refractivity (Wildman–Crippen MR) is 250 cm³/mol. The highest BCUT2D eigenvalue weighted by Crippen LogP contribution is 2.66. The fourth-order valence-electron chi connectivity index (χ4n) is 10.9. The lowest BCUT2D eigenvalue weighted by molar-refractivity contribution is 0.794. The molecule has 3 aliphatic carbocycles. The molecule has 0 bridgehead atoms. The van der Waals surface area contributed by atoms with Gasteiger partial charge in [0.05, 0.1) is 5.41 Å². The van der Waals surface area contributed by atoms with E-state index in [0.717, 1.165) is 17.1 Å². The molecule has 60 heavy (non-hydrogen) atoms. The van der Waals surface area contributed by atoms with Crippen LogP contribution in [0.5, 0.6) is 0 Å². The van der Waals surface area contributed by atoms with Gasteiger partial charge in [0.2, 0.25) is 0 Å². The number of anilines is 3. The summed E-state index contributed by atoms with van der Waals surface area (Å²) in [5.74, 6) is 0. The molecule has 1 unspecified atom stereocenters. The molecule has 13 rings (SSSR count). The van der Waals surface area contributed by atoms with Crippen LogP contribution in [-0.4, -0.2) is 0 Å². The van der Waals surface area contributed by atoms with Gasteiger partial charge in [0.15, 0.2) is 0 Å². The van der Waals surface area contributed by atoms with Gasteiger partial charge >= 0.3 is 0 Å². The van der Waals surface area contributed by atoms with E-state index in [0.29, 0.717) is 0 Å². The van der Waals surface area contributed by atoms with Crippen molar-refractivity contribution in [1.29, 1.82) is 0 Å². The highest BCUT2D eigenvalue weighted by atomic mass is 15.1. The number of hydrogen-bond acceptors (Lipinski definition) is 1. The molecule has 0 N–H and O–H groups in total. The summed E-state index contributed by atoms with van der Waals surface area (Å²) in [6, 6.07) is 83.4. The van der Waals surface area contributed by atoms with E-state index in [2.05, 4.69) is 229 Å². The van der Waals surface area contributed by atoms with Crippen molar-refractivity contribution in [2.24, 2.45) is 0 Å². The molecule has 0 heterocycles. The second-order valence-electron chi connectivity index (χ2n) is 16.4. The Morgan fingerprint density at radius 3 is 1.45 bits per heavy atom. The van der Waals surface area contributed by atoms with Crippen LogP contribution in [0.15, 0.2) is 224 Å². The Morgan fingerprint density at radius 2 is 0.750 bits per heavy atom. The lowest BCUT2D eigenvalue weighted by Gasteiger charge is -2.32. The van der Waals surface area contributed by atoms with Crippen molar-refractivity contribution in [2.75, 3.05) is 4.90 Å². The van der Waals surface area contributed by atoms with Gasteiger partial charge in [-0.25, -0.2) is 0 Å². The van der Waals surface area contributed by atoms with Crippen molar-refractivity contribution < 1.29 is 0 Å². The maximum Gasteiger partial charge on any atom is 0.0726 e. The Morgan fingerprint density at radius 1 is 0.267 bits per heavy atom. The van der Waals surface area contributed by atoms with E-state index >= 15 is 0 Å². The summed E-state index contributed by atoms with van der Waals surface area (Å²) in [5, 5.41) is 2.71. The number of para-hydroxylation sites is 1. The average molecular weight is 760 g/mol. The molecule has 1 atom stereocenters. The van der Waals surface area contributed by atoms with E-state index in [-0.39, 0.29) is 0 Å². The van der Waals surface area contributed by atoms with Gasteiger partial charge in [-0.1, -0.05) is 182 Å². The highest BCUT2D eigenvalue weighted by Gasteiger charge is 2.52. The van der Waals surface area contributed by atoms with Crippen molar-refractivity contribution in [2.45, 2.75) is 5.41 Å². The van der Waals surface area contributed by atoms with Crippen LogP contribution >= 0.6 is 0 Å². The van der Waals surface area contributed by atoms with Gasteiger partial charge in [0.1, 0.15) is 0 Å². The summed E-state index contributed by atoms with van der Waals surface area (Å²) in [5.41, 5.74) is 23.8. The first-order chi connectivity index (χ1) is 29.8. The van der Waals surface area contributed by atoms with Crippen molar-refractivity contribution in [3.8, 4) is 66.8 Å². The van der Waals surface area contributed by atoms with Crippen molar-refractivity contribution in [1.82, 2.24) is 0 Å². The molecule has 10 aromatic carbocycles. The molecule has 3 aliphatic rings. The van der Waals surface area contributed by atoms with Gasteiger partial charge in [0.25, 0.3) is 0 Å². The summed E-state index contributed by atoms with van der Waals surface area (Å²) in [7, 11) is 0. The Balaban J connectivity index is 1.01. The third-order valence-corrected chi connectivity index (χ3v) is 13.4. The molecule has 10 aromatic rings. The molecule has 0 radical (unpaired) electrons. The molecule has 0 amide bonds. The number of hydrogen-bond donors (Lipinski definition) is 0. The van der Waals surface area contributed by atoms with Gasteiger partial charge in [-0.15, -0.1) is 0 Å². The lowest BCUT2D eigenvalue weighted by atomic mass is 9.70. The van der Waals surface area contributed by atoms with E-state index in [4.69, 9.17) is 0 Å². The van der Waals surface area contributed by atoms with Gasteiger partial charge in [-0.2, -0.15) is 0 Å². The summed E-state index contributed by atoms with van der Waals surface area (Å²) < 4.78 is 0. The molecule has 0 saturated carbocycles. The van der Waals surface area contributed by atoms with Crippen molar-refractivity contribution in [3.63, 3.8) is 0 Å². The summed E-state index contributed by atoms with van der Waals surface area (Å²) >= 11 is 0. The zero-order valence-corrected chi connectivity index (χ0v) is 32.8. The first-order valence-corrected chi connectivity index (χ1v) is 20.9. The fraction of sp³-hybridized carbons (Fsp3) is 0.0169. The van der Waals surface area contributed by atoms with Crippen LogP contribution in [0.2, 0.25) is 0 Å². The maximum atomic E-state index is 2.56. The topological polar surface area (TPSA) is 3.24 Å². The minimum Gasteiger partial charge on any atom is -0.310 e. The van der Waals surface area contributed by atoms with Crippen LogP contribution < -0.4 is 4.90 Å². The molecular formula is C59H37N. The van der Waals surface area contributed by atoms with Gasteiger partial charge in [-0.05, 0) is 142 Å². The van der Waals surface area contributed by atoms with E-state index < -0.39 is 5.41 Å². The van der Waals surface area contributed by atoms with Crippen LogP contribution in [0.25, 0.3) is 77.5 Å². The SMILES string of the molecule is c1ccc(-c2ccc(-c3ccc(N(c4ccccc4)c4ccc5c(c4)C4(c6ccccc6-5)c5ccccc5-c5c4cc4c6c(cccc56)-c5ccccc5-4)cc3)cc2)cc1. The fourth-order valence-corrected chi connectivity index (χ4v) is 10.9. The minimum absolute atomic E-state index is 0.496. The molecule has 1 spiro atoms. The number of benzene rings is 10. The quantitative estimate of drug-likeness (QED) is 0.169. The lowest BCUT2D eigenvalue weighted by Crippen LogP contribution is -2.26. The van der Waals surface area contributed by atoms with E-state index in [1.807, 2.05) is 0 Å². The van der Waals surface area contributed by atoms with Crippen LogP contribution in [0.1, 0.15) is 22.3 Å². The van der Waals surface area contributed by atoms with E-state index in [1.165, 1.54) is 99.8 Å². The molecule has 1 heteroatoms. The molecule has 0 fully saturated rings. The number of fused-ring (bicyclic) bond motifs is 14. The summed E-state index contributed by atoms with van der Waals surface area (Å²) in [6.45, 7) is 0. The summed E-state index contributed by atoms with van der Waals surface area (Å²) in [6.07, 6.45) is 0. The Hall–Kier alpha value is -7.74. The van der Waals surface area contributed by atoms with Gasteiger partial charge < -0.3 is 4.90 Å².